The van der Waals surface area contributed by atoms with Gasteiger partial charge in [0.2, 0.25) is 0 Å². The quantitative estimate of drug-likeness (QED) is 0.857. The van der Waals surface area contributed by atoms with Crippen molar-refractivity contribution in [2.45, 2.75) is 32.2 Å². The van der Waals surface area contributed by atoms with Gasteiger partial charge in [0.15, 0.2) is 0 Å². The lowest BCUT2D eigenvalue weighted by molar-refractivity contribution is 0.545. The van der Waals surface area contributed by atoms with Gasteiger partial charge in [-0.1, -0.05) is 12.8 Å². The Morgan fingerprint density at radius 3 is 3.00 bits per heavy atom. The molecule has 3 heteroatoms. The van der Waals surface area contributed by atoms with Gasteiger partial charge in [-0.3, -0.25) is 0 Å². The molecule has 1 fully saturated rings. The molecule has 0 bridgehead atoms. The lowest BCUT2D eigenvalue weighted by Crippen LogP contribution is -2.19. The minimum Gasteiger partial charge on any atom is -0.309 e. The Balaban J connectivity index is 1.73. The predicted octanol–water partition coefficient (Wildman–Crippen LogP) is 3.96. The first-order valence-electron chi connectivity index (χ1n) is 5.23. The van der Waals surface area contributed by atoms with E-state index in [1.54, 1.807) is 0 Å². The highest BCUT2D eigenvalue weighted by atomic mass is 79.9. The molecule has 14 heavy (non-hydrogen) atoms. The minimum atomic E-state index is 0.505. The Morgan fingerprint density at radius 1 is 1.64 bits per heavy atom. The average Bonchev–Trinajstić information content (AvgIpc) is 2.87. The molecular formula is C11H16BrNS. The number of hydrogen-bond donors (Lipinski definition) is 1. The van der Waals surface area contributed by atoms with Crippen molar-refractivity contribution >= 4 is 27.3 Å². The summed E-state index contributed by atoms with van der Waals surface area (Å²) in [7, 11) is 0. The summed E-state index contributed by atoms with van der Waals surface area (Å²) < 4.78 is 1.20. The summed E-state index contributed by atoms with van der Waals surface area (Å²) in [6.45, 7) is 3.41. The van der Waals surface area contributed by atoms with Crippen molar-refractivity contribution in [3.63, 3.8) is 0 Å². The summed E-state index contributed by atoms with van der Waals surface area (Å²) >= 11 is 5.31. The van der Waals surface area contributed by atoms with Gasteiger partial charge in [-0.05, 0) is 47.8 Å². The molecule has 1 aliphatic carbocycles. The molecule has 1 saturated carbocycles. The van der Waals surface area contributed by atoms with E-state index in [1.807, 2.05) is 11.3 Å². The Labute approximate surface area is 98.0 Å². The summed E-state index contributed by atoms with van der Waals surface area (Å²) in [6.07, 6.45) is 4.28. The summed E-state index contributed by atoms with van der Waals surface area (Å²) in [5.74, 6) is 1.03. The van der Waals surface area contributed by atoms with Gasteiger partial charge in [0, 0.05) is 20.8 Å². The maximum atomic E-state index is 3.57. The molecule has 0 aliphatic heterocycles. The van der Waals surface area contributed by atoms with Crippen LogP contribution in [0.2, 0.25) is 0 Å². The summed E-state index contributed by atoms with van der Waals surface area (Å²) in [5.41, 5.74) is 0. The van der Waals surface area contributed by atoms with Gasteiger partial charge in [0.1, 0.15) is 0 Å². The number of rotatable bonds is 5. The number of nitrogens with one attached hydrogen (secondary N) is 1. The third-order valence-electron chi connectivity index (χ3n) is 2.71. The van der Waals surface area contributed by atoms with Crippen LogP contribution in [0, 0.1) is 5.92 Å². The van der Waals surface area contributed by atoms with Crippen LogP contribution in [0.15, 0.2) is 15.9 Å². The van der Waals surface area contributed by atoms with E-state index in [1.165, 1.54) is 35.2 Å². The Bertz CT molecular complexity index is 293. The maximum absolute atomic E-state index is 3.57. The number of halogens is 1. The van der Waals surface area contributed by atoms with E-state index in [0.717, 1.165) is 5.92 Å². The molecule has 0 spiro atoms. The molecule has 1 aliphatic rings. The molecule has 1 atom stereocenters. The molecule has 1 N–H and O–H groups in total. The van der Waals surface area contributed by atoms with Crippen LogP contribution < -0.4 is 5.32 Å². The molecule has 0 aromatic carbocycles. The lowest BCUT2D eigenvalue weighted by atomic mass is 10.2. The Kier molecular flexibility index (Phi) is 3.63. The van der Waals surface area contributed by atoms with E-state index in [-0.39, 0.29) is 0 Å². The van der Waals surface area contributed by atoms with Crippen LogP contribution in [0.1, 0.15) is 37.1 Å². The van der Waals surface area contributed by atoms with Crippen molar-refractivity contribution in [3.8, 4) is 0 Å². The van der Waals surface area contributed by atoms with Crippen LogP contribution in [0.3, 0.4) is 0 Å². The maximum Gasteiger partial charge on any atom is 0.0386 e. The molecule has 0 saturated heterocycles. The highest BCUT2D eigenvalue weighted by Crippen LogP contribution is 2.32. The standard InChI is InChI=1S/C11H16BrNS/c1-8(11-6-10(12)7-14-11)13-5-4-9-2-3-9/h6-9,13H,2-5H2,1H3. The van der Waals surface area contributed by atoms with Gasteiger partial charge in [0.05, 0.1) is 0 Å². The molecule has 1 unspecified atom stereocenters. The van der Waals surface area contributed by atoms with Crippen LogP contribution in [0.5, 0.6) is 0 Å². The smallest absolute Gasteiger partial charge is 0.0386 e. The molecule has 0 radical (unpaired) electrons. The zero-order chi connectivity index (χ0) is 9.97. The minimum absolute atomic E-state index is 0.505. The zero-order valence-electron chi connectivity index (χ0n) is 8.42. The zero-order valence-corrected chi connectivity index (χ0v) is 10.8. The summed E-state index contributed by atoms with van der Waals surface area (Å²) in [4.78, 5) is 1.42. The van der Waals surface area contributed by atoms with Crippen molar-refractivity contribution in [1.29, 1.82) is 0 Å². The fraction of sp³-hybridized carbons (Fsp3) is 0.636. The Hall–Kier alpha value is 0.140. The van der Waals surface area contributed by atoms with Crippen molar-refractivity contribution in [2.24, 2.45) is 5.92 Å². The van der Waals surface area contributed by atoms with E-state index in [9.17, 15) is 0 Å². The number of thiophene rings is 1. The van der Waals surface area contributed by atoms with Gasteiger partial charge in [0.25, 0.3) is 0 Å². The van der Waals surface area contributed by atoms with Gasteiger partial charge in [-0.2, -0.15) is 0 Å². The number of hydrogen-bond acceptors (Lipinski definition) is 2. The second-order valence-electron chi connectivity index (χ2n) is 4.08. The van der Waals surface area contributed by atoms with Crippen molar-refractivity contribution in [2.75, 3.05) is 6.54 Å². The summed E-state index contributed by atoms with van der Waals surface area (Å²) in [6, 6.07) is 2.71. The van der Waals surface area contributed by atoms with E-state index in [2.05, 4.69) is 39.6 Å². The van der Waals surface area contributed by atoms with E-state index in [4.69, 9.17) is 0 Å². The molecule has 0 amide bonds. The average molecular weight is 274 g/mol. The molecule has 1 heterocycles. The van der Waals surface area contributed by atoms with Crippen molar-refractivity contribution in [1.82, 2.24) is 5.32 Å². The Morgan fingerprint density at radius 2 is 2.43 bits per heavy atom. The second-order valence-corrected chi connectivity index (χ2v) is 5.93. The van der Waals surface area contributed by atoms with E-state index in [0.29, 0.717) is 6.04 Å². The predicted molar refractivity (Wildman–Crippen MR) is 65.8 cm³/mol. The fourth-order valence-corrected chi connectivity index (χ4v) is 3.04. The fourth-order valence-electron chi connectivity index (χ4n) is 1.57. The van der Waals surface area contributed by atoms with Crippen LogP contribution in [-0.4, -0.2) is 6.54 Å². The third kappa shape index (κ3) is 3.07. The van der Waals surface area contributed by atoms with Crippen LogP contribution in [-0.2, 0) is 0 Å². The highest BCUT2D eigenvalue weighted by Gasteiger charge is 2.20. The topological polar surface area (TPSA) is 12.0 Å². The molecular weight excluding hydrogens is 258 g/mol. The van der Waals surface area contributed by atoms with Crippen molar-refractivity contribution < 1.29 is 0 Å². The third-order valence-corrected chi connectivity index (χ3v) is 4.59. The largest absolute Gasteiger partial charge is 0.309 e. The normalized spacial score (nSPS) is 18.4. The van der Waals surface area contributed by atoms with E-state index < -0.39 is 0 Å². The SMILES string of the molecule is CC(NCCC1CC1)c1cc(Br)cs1. The van der Waals surface area contributed by atoms with E-state index >= 15 is 0 Å². The monoisotopic (exact) mass is 273 g/mol. The summed E-state index contributed by atoms with van der Waals surface area (Å²) in [5, 5.41) is 5.72. The first-order chi connectivity index (χ1) is 6.75. The second kappa shape index (κ2) is 4.77. The van der Waals surface area contributed by atoms with Gasteiger partial charge < -0.3 is 5.32 Å². The van der Waals surface area contributed by atoms with Crippen LogP contribution in [0.25, 0.3) is 0 Å². The van der Waals surface area contributed by atoms with Crippen LogP contribution >= 0.6 is 27.3 Å². The first-order valence-corrected chi connectivity index (χ1v) is 6.90. The molecule has 78 valence electrons. The van der Waals surface area contributed by atoms with Gasteiger partial charge in [-0.25, -0.2) is 0 Å². The first kappa shape index (κ1) is 10.7. The lowest BCUT2D eigenvalue weighted by Gasteiger charge is -2.11. The molecule has 1 nitrogen and oxygen atoms in total. The van der Waals surface area contributed by atoms with Crippen molar-refractivity contribution in [3.05, 3.63) is 20.8 Å². The molecule has 1 aromatic heterocycles. The molecule has 2 rings (SSSR count). The van der Waals surface area contributed by atoms with Gasteiger partial charge >= 0.3 is 0 Å². The van der Waals surface area contributed by atoms with Gasteiger partial charge in [-0.15, -0.1) is 11.3 Å². The molecule has 1 aromatic rings. The van der Waals surface area contributed by atoms with Crippen LogP contribution in [0.4, 0.5) is 0 Å². The highest BCUT2D eigenvalue weighted by molar-refractivity contribution is 9.10.